The molecule has 0 saturated carbocycles. The molecule has 0 bridgehead atoms. The predicted molar refractivity (Wildman–Crippen MR) is 70.9 cm³/mol. The Bertz CT molecular complexity index is 347. The second kappa shape index (κ2) is 5.16. The Balaban J connectivity index is 2.93. The van der Waals surface area contributed by atoms with E-state index in [4.69, 9.17) is 9.47 Å². The van der Waals surface area contributed by atoms with Crippen LogP contribution < -0.4 is 0 Å². The molecule has 0 spiro atoms. The van der Waals surface area contributed by atoms with Crippen LogP contribution in [0, 0.1) is 0 Å². The van der Waals surface area contributed by atoms with Gasteiger partial charge in [-0.2, -0.15) is 0 Å². The first-order chi connectivity index (χ1) is 8.17. The van der Waals surface area contributed by atoms with Gasteiger partial charge >= 0.3 is 6.09 Å². The Morgan fingerprint density at radius 2 is 1.83 bits per heavy atom. The highest BCUT2D eigenvalue weighted by Crippen LogP contribution is 2.22. The Labute approximate surface area is 109 Å². The monoisotopic (exact) mass is 256 g/mol. The molecule has 0 aromatic carbocycles. The minimum absolute atomic E-state index is 0.00340. The topological polar surface area (TPSA) is 51.1 Å². The highest BCUT2D eigenvalue weighted by atomic mass is 16.6. The molecule has 104 valence electrons. The molecular weight excluding hydrogens is 232 g/mol. The maximum absolute atomic E-state index is 12.2. The summed E-state index contributed by atoms with van der Waals surface area (Å²) in [7, 11) is 1.57. The molecule has 0 N–H and O–H groups in total. The third kappa shape index (κ3) is 3.15. The molecule has 0 aliphatic carbocycles. The van der Waals surface area contributed by atoms with E-state index in [1.165, 1.54) is 0 Å². The molecule has 0 radical (unpaired) electrons. The van der Waals surface area contributed by atoms with Gasteiger partial charge in [-0.3, -0.25) is 4.90 Å². The number of carbonyl (C=O) groups excluding carboxylic acids is 1. The summed E-state index contributed by atoms with van der Waals surface area (Å²) in [5.74, 6) is 0.575. The summed E-state index contributed by atoms with van der Waals surface area (Å²) in [5, 5.41) is 0. The molecule has 0 aromatic heterocycles. The first-order valence-corrected chi connectivity index (χ1v) is 6.30. The fourth-order valence-electron chi connectivity index (χ4n) is 1.98. The van der Waals surface area contributed by atoms with Crippen molar-refractivity contribution in [3.63, 3.8) is 0 Å². The third-order valence-electron chi connectivity index (χ3n) is 3.06. The number of aliphatic imine (C=N–C) groups is 1. The summed E-state index contributed by atoms with van der Waals surface area (Å²) < 4.78 is 10.7. The van der Waals surface area contributed by atoms with Crippen molar-refractivity contribution < 1.29 is 14.3 Å². The van der Waals surface area contributed by atoms with Gasteiger partial charge in [0.15, 0.2) is 0 Å². The standard InChI is InChI=1S/C13H24N2O3/c1-8-9(2)15(10(3)11(14-8)17-7)12(16)18-13(4,5)6/h8-10H,1-7H3. The Kier molecular flexibility index (Phi) is 4.24. The summed E-state index contributed by atoms with van der Waals surface area (Å²) in [6, 6.07) is -0.200. The number of rotatable bonds is 0. The quantitative estimate of drug-likeness (QED) is 0.669. The lowest BCUT2D eigenvalue weighted by Gasteiger charge is -2.40. The number of amides is 1. The Morgan fingerprint density at radius 1 is 1.28 bits per heavy atom. The van der Waals surface area contributed by atoms with E-state index in [1.807, 2.05) is 41.5 Å². The van der Waals surface area contributed by atoms with Gasteiger partial charge in [0.25, 0.3) is 0 Å². The lowest BCUT2D eigenvalue weighted by Crippen LogP contribution is -2.56. The Hall–Kier alpha value is -1.26. The zero-order valence-corrected chi connectivity index (χ0v) is 12.4. The highest BCUT2D eigenvalue weighted by molar-refractivity contribution is 5.86. The molecule has 1 amide bonds. The number of hydrogen-bond donors (Lipinski definition) is 0. The molecular formula is C13H24N2O3. The maximum atomic E-state index is 12.2. The predicted octanol–water partition coefficient (Wildman–Crippen LogP) is 2.45. The maximum Gasteiger partial charge on any atom is 0.411 e. The zero-order chi connectivity index (χ0) is 14.1. The molecule has 1 aliphatic rings. The van der Waals surface area contributed by atoms with Crippen molar-refractivity contribution >= 4 is 12.0 Å². The molecule has 5 heteroatoms. The van der Waals surface area contributed by atoms with Gasteiger partial charge in [-0.1, -0.05) is 0 Å². The van der Waals surface area contributed by atoms with Crippen LogP contribution in [0.15, 0.2) is 4.99 Å². The molecule has 0 fully saturated rings. The molecule has 5 nitrogen and oxygen atoms in total. The second-order valence-corrected chi connectivity index (χ2v) is 5.72. The third-order valence-corrected chi connectivity index (χ3v) is 3.06. The molecule has 1 rings (SSSR count). The molecule has 0 saturated heterocycles. The van der Waals surface area contributed by atoms with E-state index < -0.39 is 5.60 Å². The van der Waals surface area contributed by atoms with Crippen LogP contribution in [0.3, 0.4) is 0 Å². The number of ether oxygens (including phenoxy) is 2. The molecule has 1 heterocycles. The van der Waals surface area contributed by atoms with E-state index in [0.29, 0.717) is 5.90 Å². The summed E-state index contributed by atoms with van der Waals surface area (Å²) in [5.41, 5.74) is -0.498. The summed E-state index contributed by atoms with van der Waals surface area (Å²) in [6.45, 7) is 11.4. The van der Waals surface area contributed by atoms with Crippen molar-refractivity contribution in [2.24, 2.45) is 4.99 Å². The van der Waals surface area contributed by atoms with E-state index in [1.54, 1.807) is 12.0 Å². The highest BCUT2D eigenvalue weighted by Gasteiger charge is 2.38. The van der Waals surface area contributed by atoms with E-state index >= 15 is 0 Å². The van der Waals surface area contributed by atoms with Gasteiger partial charge in [-0.25, -0.2) is 9.79 Å². The average molecular weight is 256 g/mol. The van der Waals surface area contributed by atoms with Crippen LogP contribution in [0.2, 0.25) is 0 Å². The van der Waals surface area contributed by atoms with Crippen LogP contribution >= 0.6 is 0 Å². The van der Waals surface area contributed by atoms with Gasteiger partial charge in [-0.15, -0.1) is 0 Å². The number of hydrogen-bond acceptors (Lipinski definition) is 4. The number of carbonyl (C=O) groups is 1. The summed E-state index contributed by atoms with van der Waals surface area (Å²) in [4.78, 5) is 18.4. The lowest BCUT2D eigenvalue weighted by atomic mass is 10.1. The van der Waals surface area contributed by atoms with E-state index in [2.05, 4.69) is 4.99 Å². The molecule has 0 aromatic rings. The fourth-order valence-corrected chi connectivity index (χ4v) is 1.98. The molecule has 3 atom stereocenters. The lowest BCUT2D eigenvalue weighted by molar-refractivity contribution is 0.00820. The molecule has 1 aliphatic heterocycles. The van der Waals surface area contributed by atoms with Crippen molar-refractivity contribution in [3.05, 3.63) is 0 Å². The first-order valence-electron chi connectivity index (χ1n) is 6.30. The summed E-state index contributed by atoms with van der Waals surface area (Å²) in [6.07, 6.45) is -0.321. The largest absolute Gasteiger partial charge is 0.483 e. The van der Waals surface area contributed by atoms with Gasteiger partial charge in [0.1, 0.15) is 11.6 Å². The number of nitrogens with zero attached hydrogens (tertiary/aromatic N) is 2. The molecule has 3 unspecified atom stereocenters. The normalized spacial score (nSPS) is 28.7. The Morgan fingerprint density at radius 3 is 2.28 bits per heavy atom. The van der Waals surface area contributed by atoms with Gasteiger partial charge in [-0.05, 0) is 41.5 Å². The van der Waals surface area contributed by atoms with Crippen molar-refractivity contribution in [2.75, 3.05) is 7.11 Å². The molecule has 18 heavy (non-hydrogen) atoms. The second-order valence-electron chi connectivity index (χ2n) is 5.72. The van der Waals surface area contributed by atoms with Crippen molar-refractivity contribution in [2.45, 2.75) is 65.3 Å². The van der Waals surface area contributed by atoms with Gasteiger partial charge in [0, 0.05) is 0 Å². The van der Waals surface area contributed by atoms with Gasteiger partial charge in [0.05, 0.1) is 19.2 Å². The van der Waals surface area contributed by atoms with Crippen LogP contribution in [-0.2, 0) is 9.47 Å². The fraction of sp³-hybridized carbons (Fsp3) is 0.846. The van der Waals surface area contributed by atoms with Gasteiger partial charge < -0.3 is 9.47 Å². The van der Waals surface area contributed by atoms with Gasteiger partial charge in [0.2, 0.25) is 5.90 Å². The SMILES string of the molecule is COC1=NC(C)C(C)N(C(=O)OC(C)(C)C)C1C. The number of methoxy groups -OCH3 is 1. The van der Waals surface area contributed by atoms with Crippen LogP contribution in [0.25, 0.3) is 0 Å². The van der Waals surface area contributed by atoms with E-state index in [0.717, 1.165) is 0 Å². The van der Waals surface area contributed by atoms with Crippen LogP contribution in [0.1, 0.15) is 41.5 Å². The first kappa shape index (κ1) is 14.8. The van der Waals surface area contributed by atoms with Crippen molar-refractivity contribution in [1.29, 1.82) is 0 Å². The van der Waals surface area contributed by atoms with Crippen LogP contribution in [0.5, 0.6) is 0 Å². The average Bonchev–Trinajstić information content (AvgIpc) is 2.21. The van der Waals surface area contributed by atoms with Crippen molar-refractivity contribution in [1.82, 2.24) is 4.90 Å². The van der Waals surface area contributed by atoms with E-state index in [9.17, 15) is 4.79 Å². The van der Waals surface area contributed by atoms with Crippen LogP contribution in [0.4, 0.5) is 4.79 Å². The summed E-state index contributed by atoms with van der Waals surface area (Å²) >= 11 is 0. The zero-order valence-electron chi connectivity index (χ0n) is 12.4. The van der Waals surface area contributed by atoms with Crippen LogP contribution in [-0.4, -0.2) is 47.7 Å². The smallest absolute Gasteiger partial charge is 0.411 e. The minimum atomic E-state index is -0.498. The van der Waals surface area contributed by atoms with Crippen molar-refractivity contribution in [3.8, 4) is 0 Å². The van der Waals surface area contributed by atoms with E-state index in [-0.39, 0.29) is 24.2 Å². The minimum Gasteiger partial charge on any atom is -0.483 e.